The summed E-state index contributed by atoms with van der Waals surface area (Å²) in [5.41, 5.74) is 3.79. The van der Waals surface area contributed by atoms with E-state index in [1.54, 1.807) is 6.34 Å². The zero-order chi connectivity index (χ0) is 9.80. The summed E-state index contributed by atoms with van der Waals surface area (Å²) in [4.78, 5) is 1.96. The van der Waals surface area contributed by atoms with Crippen molar-refractivity contribution in [1.29, 1.82) is 0 Å². The lowest BCUT2D eigenvalue weighted by Gasteiger charge is -2.23. The highest BCUT2D eigenvalue weighted by Gasteiger charge is 2.11. The van der Waals surface area contributed by atoms with Crippen LogP contribution in [-0.4, -0.2) is 18.7 Å². The third-order valence-electron chi connectivity index (χ3n) is 1.95. The molecule has 1 aliphatic rings. The quantitative estimate of drug-likeness (QED) is 0.493. The smallest absolute Gasteiger partial charge is 0.162 e. The summed E-state index contributed by atoms with van der Waals surface area (Å²) >= 11 is 0. The zero-order valence-electron chi connectivity index (χ0n) is 7.59. The lowest BCUT2D eigenvalue weighted by molar-refractivity contribution is 0.927. The van der Waals surface area contributed by atoms with Gasteiger partial charge in [-0.3, -0.25) is 5.43 Å². The van der Waals surface area contributed by atoms with E-state index >= 15 is 0 Å². The van der Waals surface area contributed by atoms with Crippen LogP contribution in [0.5, 0.6) is 0 Å². The summed E-state index contributed by atoms with van der Waals surface area (Å²) in [5.74, 6) is 5.82. The number of benzene rings is 1. The molecule has 0 saturated carbocycles. The molecule has 0 amide bonds. The van der Waals surface area contributed by atoms with Crippen molar-refractivity contribution in [3.63, 3.8) is 0 Å². The summed E-state index contributed by atoms with van der Waals surface area (Å²) < 4.78 is 0. The van der Waals surface area contributed by atoms with Gasteiger partial charge in [0, 0.05) is 5.69 Å². The van der Waals surface area contributed by atoms with Gasteiger partial charge in [0.25, 0.3) is 0 Å². The number of anilines is 1. The van der Waals surface area contributed by atoms with Crippen LogP contribution in [0.4, 0.5) is 5.69 Å². The van der Waals surface area contributed by atoms with E-state index in [0.29, 0.717) is 12.4 Å². The van der Waals surface area contributed by atoms with Crippen molar-refractivity contribution in [1.82, 2.24) is 5.43 Å². The third kappa shape index (κ3) is 1.66. The van der Waals surface area contributed by atoms with Crippen molar-refractivity contribution in [3.05, 3.63) is 30.3 Å². The molecule has 1 aromatic carbocycles. The molecule has 72 valence electrons. The lowest BCUT2D eigenvalue weighted by Crippen LogP contribution is -2.40. The van der Waals surface area contributed by atoms with Crippen LogP contribution in [0.25, 0.3) is 0 Å². The molecule has 2 rings (SSSR count). The summed E-state index contributed by atoms with van der Waals surface area (Å²) in [6, 6.07) is 9.94. The van der Waals surface area contributed by atoms with Gasteiger partial charge in [-0.1, -0.05) is 18.2 Å². The van der Waals surface area contributed by atoms with Gasteiger partial charge >= 0.3 is 0 Å². The predicted molar refractivity (Wildman–Crippen MR) is 57.0 cm³/mol. The van der Waals surface area contributed by atoms with Crippen LogP contribution in [0.3, 0.4) is 0 Å². The molecule has 1 heterocycles. The number of para-hydroxylation sites is 1. The maximum Gasteiger partial charge on any atom is 0.162 e. The van der Waals surface area contributed by atoms with Crippen LogP contribution in [0, 0.1) is 0 Å². The second-order valence-electron chi connectivity index (χ2n) is 2.90. The standard InChI is InChI=1S/C9H11N5/c10-12-9-6-14(7-11-13-9)8-4-2-1-3-5-8/h1-5,7H,6,10H2,(H,12,13). The Balaban J connectivity index is 2.21. The van der Waals surface area contributed by atoms with Crippen LogP contribution in [-0.2, 0) is 0 Å². The van der Waals surface area contributed by atoms with Gasteiger partial charge in [-0.25, -0.2) is 0 Å². The molecule has 0 bridgehead atoms. The SMILES string of the molecule is NN=C1CN(c2ccccc2)C=NN1. The molecule has 0 fully saturated rings. The van der Waals surface area contributed by atoms with Crippen molar-refractivity contribution in [2.24, 2.45) is 16.0 Å². The van der Waals surface area contributed by atoms with Gasteiger partial charge in [-0.15, -0.1) is 0 Å². The van der Waals surface area contributed by atoms with Crippen LogP contribution in [0.1, 0.15) is 0 Å². The number of nitrogens with two attached hydrogens (primary N) is 1. The Bertz CT molecular complexity index is 357. The van der Waals surface area contributed by atoms with Gasteiger partial charge < -0.3 is 10.7 Å². The Kier molecular flexibility index (Phi) is 2.31. The molecule has 0 unspecified atom stereocenters. The molecule has 5 nitrogen and oxygen atoms in total. The Labute approximate surface area is 81.9 Å². The Hall–Kier alpha value is -2.04. The van der Waals surface area contributed by atoms with Crippen molar-refractivity contribution in [2.45, 2.75) is 0 Å². The first-order valence-corrected chi connectivity index (χ1v) is 4.28. The molecule has 1 aromatic rings. The van der Waals surface area contributed by atoms with Gasteiger partial charge in [0.05, 0.1) is 6.54 Å². The molecular formula is C9H11N5. The first-order valence-electron chi connectivity index (χ1n) is 4.28. The van der Waals surface area contributed by atoms with E-state index in [4.69, 9.17) is 5.84 Å². The van der Waals surface area contributed by atoms with Gasteiger partial charge in [-0.2, -0.15) is 10.2 Å². The number of rotatable bonds is 1. The first-order chi connectivity index (χ1) is 6.90. The third-order valence-corrected chi connectivity index (χ3v) is 1.95. The van der Waals surface area contributed by atoms with Crippen LogP contribution >= 0.6 is 0 Å². The molecule has 0 saturated heterocycles. The molecule has 5 heteroatoms. The number of nitrogens with one attached hydrogen (secondary N) is 1. The Morgan fingerprint density at radius 1 is 1.36 bits per heavy atom. The number of hydrogen-bond acceptors (Lipinski definition) is 4. The maximum absolute atomic E-state index is 5.17. The average molecular weight is 189 g/mol. The van der Waals surface area contributed by atoms with E-state index in [1.165, 1.54) is 0 Å². The van der Waals surface area contributed by atoms with E-state index in [9.17, 15) is 0 Å². The molecule has 0 aromatic heterocycles. The molecule has 3 N–H and O–H groups in total. The fourth-order valence-electron chi connectivity index (χ4n) is 1.26. The number of nitrogens with zero attached hydrogens (tertiary/aromatic N) is 3. The zero-order valence-corrected chi connectivity index (χ0v) is 7.59. The normalized spacial score (nSPS) is 18.3. The molecule has 0 radical (unpaired) electrons. The molecule has 0 atom stereocenters. The average Bonchev–Trinajstić information content (AvgIpc) is 2.30. The molecule has 0 spiro atoms. The second-order valence-corrected chi connectivity index (χ2v) is 2.90. The van der Waals surface area contributed by atoms with Gasteiger partial charge in [0.15, 0.2) is 5.84 Å². The molecular weight excluding hydrogens is 178 g/mol. The fourth-order valence-corrected chi connectivity index (χ4v) is 1.26. The first kappa shape index (κ1) is 8.55. The maximum atomic E-state index is 5.17. The lowest BCUT2D eigenvalue weighted by atomic mass is 10.3. The number of hydrazone groups is 2. The van der Waals surface area contributed by atoms with Gasteiger partial charge in [-0.05, 0) is 12.1 Å². The highest BCUT2D eigenvalue weighted by molar-refractivity contribution is 5.96. The molecule has 0 aliphatic carbocycles. The minimum atomic E-state index is 0.615. The molecule has 1 aliphatic heterocycles. The highest BCUT2D eigenvalue weighted by Crippen LogP contribution is 2.11. The summed E-state index contributed by atoms with van der Waals surface area (Å²) in [7, 11) is 0. The van der Waals surface area contributed by atoms with E-state index in [2.05, 4.69) is 15.6 Å². The van der Waals surface area contributed by atoms with E-state index in [1.807, 2.05) is 35.2 Å². The van der Waals surface area contributed by atoms with Crippen LogP contribution < -0.4 is 16.2 Å². The number of hydrogen-bond donors (Lipinski definition) is 2. The van der Waals surface area contributed by atoms with E-state index in [0.717, 1.165) is 5.69 Å². The van der Waals surface area contributed by atoms with Crippen LogP contribution in [0.15, 0.2) is 40.5 Å². The Morgan fingerprint density at radius 3 is 2.86 bits per heavy atom. The minimum Gasteiger partial charge on any atom is -0.323 e. The van der Waals surface area contributed by atoms with Gasteiger partial charge in [0.1, 0.15) is 6.34 Å². The summed E-state index contributed by atoms with van der Waals surface area (Å²) in [6.45, 7) is 0.615. The van der Waals surface area contributed by atoms with Crippen molar-refractivity contribution in [3.8, 4) is 0 Å². The second kappa shape index (κ2) is 3.78. The van der Waals surface area contributed by atoms with E-state index in [-0.39, 0.29) is 0 Å². The van der Waals surface area contributed by atoms with Crippen molar-refractivity contribution in [2.75, 3.05) is 11.4 Å². The topological polar surface area (TPSA) is 66.0 Å². The monoisotopic (exact) mass is 189 g/mol. The van der Waals surface area contributed by atoms with Crippen molar-refractivity contribution >= 4 is 17.9 Å². The fraction of sp³-hybridized carbons (Fsp3) is 0.111. The highest BCUT2D eigenvalue weighted by atomic mass is 15.4. The van der Waals surface area contributed by atoms with E-state index < -0.39 is 0 Å². The summed E-state index contributed by atoms with van der Waals surface area (Å²) in [6.07, 6.45) is 1.71. The van der Waals surface area contributed by atoms with Crippen molar-refractivity contribution < 1.29 is 0 Å². The Morgan fingerprint density at radius 2 is 2.14 bits per heavy atom. The van der Waals surface area contributed by atoms with Crippen LogP contribution in [0.2, 0.25) is 0 Å². The predicted octanol–water partition coefficient (Wildman–Crippen LogP) is 0.312. The van der Waals surface area contributed by atoms with Gasteiger partial charge in [0.2, 0.25) is 0 Å². The largest absolute Gasteiger partial charge is 0.323 e. The number of amidine groups is 1. The summed E-state index contributed by atoms with van der Waals surface area (Å²) in [5, 5.41) is 7.50. The molecule has 14 heavy (non-hydrogen) atoms. The minimum absolute atomic E-state index is 0.615.